The molecular formula is C11H20N4O3. The summed E-state index contributed by atoms with van der Waals surface area (Å²) in [5.41, 5.74) is 4.96. The molecular weight excluding hydrogens is 236 g/mol. The van der Waals surface area contributed by atoms with E-state index in [0.717, 1.165) is 12.8 Å². The Labute approximate surface area is 106 Å². The molecule has 0 bridgehead atoms. The van der Waals surface area contributed by atoms with E-state index in [2.05, 4.69) is 5.32 Å². The third-order valence-electron chi connectivity index (χ3n) is 2.88. The van der Waals surface area contributed by atoms with Crippen molar-refractivity contribution in [3.05, 3.63) is 0 Å². The molecule has 102 valence electrons. The summed E-state index contributed by atoms with van der Waals surface area (Å²) in [7, 11) is 3.36. The summed E-state index contributed by atoms with van der Waals surface area (Å²) < 4.78 is 0. The predicted octanol–water partition coefficient (Wildman–Crippen LogP) is -1.02. The maximum Gasteiger partial charge on any atom is 0.319 e. The molecule has 7 nitrogen and oxygen atoms in total. The van der Waals surface area contributed by atoms with Crippen LogP contribution in [0.25, 0.3) is 0 Å². The van der Waals surface area contributed by atoms with Crippen LogP contribution in [0.2, 0.25) is 0 Å². The minimum absolute atomic E-state index is 0.0950. The van der Waals surface area contributed by atoms with Gasteiger partial charge in [-0.1, -0.05) is 0 Å². The maximum absolute atomic E-state index is 11.8. The Morgan fingerprint density at radius 2 is 2.06 bits per heavy atom. The van der Waals surface area contributed by atoms with Crippen molar-refractivity contribution in [2.24, 2.45) is 11.7 Å². The van der Waals surface area contributed by atoms with Gasteiger partial charge in [0.15, 0.2) is 0 Å². The van der Waals surface area contributed by atoms with E-state index in [1.165, 1.54) is 4.90 Å². The van der Waals surface area contributed by atoms with Gasteiger partial charge in [0.2, 0.25) is 11.8 Å². The molecule has 1 aliphatic rings. The van der Waals surface area contributed by atoms with Crippen LogP contribution < -0.4 is 11.1 Å². The number of nitrogens with zero attached hydrogens (tertiary/aromatic N) is 2. The van der Waals surface area contributed by atoms with Crippen LogP contribution in [0.15, 0.2) is 0 Å². The summed E-state index contributed by atoms with van der Waals surface area (Å²) >= 11 is 0. The van der Waals surface area contributed by atoms with Crippen molar-refractivity contribution in [1.82, 2.24) is 15.1 Å². The maximum atomic E-state index is 11.8. The van der Waals surface area contributed by atoms with Crippen LogP contribution in [0.1, 0.15) is 12.8 Å². The number of nitrogens with one attached hydrogen (secondary N) is 1. The third kappa shape index (κ3) is 3.90. The SMILES string of the molecule is CN(C)C(=O)N1CCCC(C(=O)NCC(N)=O)C1. The molecule has 1 heterocycles. The van der Waals surface area contributed by atoms with Gasteiger partial charge in [-0.05, 0) is 12.8 Å². The number of nitrogens with two attached hydrogens (primary N) is 1. The first-order valence-electron chi connectivity index (χ1n) is 5.94. The molecule has 1 aliphatic heterocycles. The van der Waals surface area contributed by atoms with Crippen molar-refractivity contribution in [1.29, 1.82) is 0 Å². The van der Waals surface area contributed by atoms with E-state index in [9.17, 15) is 14.4 Å². The van der Waals surface area contributed by atoms with Gasteiger partial charge in [0, 0.05) is 27.2 Å². The molecule has 0 radical (unpaired) electrons. The molecule has 1 atom stereocenters. The Balaban J connectivity index is 2.50. The lowest BCUT2D eigenvalue weighted by Gasteiger charge is -2.33. The van der Waals surface area contributed by atoms with Gasteiger partial charge in [-0.2, -0.15) is 0 Å². The van der Waals surface area contributed by atoms with E-state index in [-0.39, 0.29) is 24.4 Å². The number of carbonyl (C=O) groups excluding carboxylic acids is 3. The monoisotopic (exact) mass is 256 g/mol. The molecule has 0 aliphatic carbocycles. The second-order valence-corrected chi connectivity index (χ2v) is 4.65. The minimum atomic E-state index is -0.569. The summed E-state index contributed by atoms with van der Waals surface area (Å²) in [6.07, 6.45) is 1.51. The standard InChI is InChI=1S/C11H20N4O3/c1-14(2)11(18)15-5-3-4-8(7-15)10(17)13-6-9(12)16/h8H,3-7H2,1-2H3,(H2,12,16)(H,13,17). The van der Waals surface area contributed by atoms with E-state index in [0.29, 0.717) is 13.1 Å². The summed E-state index contributed by atoms with van der Waals surface area (Å²) in [5.74, 6) is -1.05. The average Bonchev–Trinajstić information content (AvgIpc) is 2.34. The molecule has 0 aromatic heterocycles. The molecule has 1 saturated heterocycles. The van der Waals surface area contributed by atoms with Crippen LogP contribution in [0.4, 0.5) is 4.79 Å². The zero-order chi connectivity index (χ0) is 13.7. The number of amides is 4. The van der Waals surface area contributed by atoms with Gasteiger partial charge in [-0.15, -0.1) is 0 Å². The van der Waals surface area contributed by atoms with Crippen LogP contribution in [0.3, 0.4) is 0 Å². The number of primary amides is 1. The number of rotatable bonds is 3. The second-order valence-electron chi connectivity index (χ2n) is 4.65. The smallest absolute Gasteiger partial charge is 0.319 e. The van der Waals surface area contributed by atoms with E-state index in [1.54, 1.807) is 19.0 Å². The molecule has 0 aromatic rings. The van der Waals surface area contributed by atoms with Crippen molar-refractivity contribution in [2.75, 3.05) is 33.7 Å². The summed E-state index contributed by atoms with van der Waals surface area (Å²) in [6, 6.07) is -0.0950. The molecule has 1 unspecified atom stereocenters. The van der Waals surface area contributed by atoms with Gasteiger partial charge in [0.05, 0.1) is 12.5 Å². The summed E-state index contributed by atoms with van der Waals surface area (Å²) in [6.45, 7) is 0.898. The van der Waals surface area contributed by atoms with Gasteiger partial charge in [0.25, 0.3) is 0 Å². The van der Waals surface area contributed by atoms with Gasteiger partial charge < -0.3 is 20.9 Å². The first kappa shape index (κ1) is 14.3. The first-order valence-corrected chi connectivity index (χ1v) is 5.94. The molecule has 3 N–H and O–H groups in total. The number of hydrogen-bond acceptors (Lipinski definition) is 3. The Morgan fingerprint density at radius 1 is 1.39 bits per heavy atom. The topological polar surface area (TPSA) is 95.7 Å². The number of urea groups is 1. The number of carbonyl (C=O) groups is 3. The van der Waals surface area contributed by atoms with E-state index >= 15 is 0 Å². The molecule has 4 amide bonds. The Bertz CT molecular complexity index is 343. The minimum Gasteiger partial charge on any atom is -0.368 e. The van der Waals surface area contributed by atoms with Crippen molar-refractivity contribution in [2.45, 2.75) is 12.8 Å². The van der Waals surface area contributed by atoms with Gasteiger partial charge >= 0.3 is 6.03 Å². The first-order chi connectivity index (χ1) is 8.41. The van der Waals surface area contributed by atoms with Crippen molar-refractivity contribution in [3.8, 4) is 0 Å². The fourth-order valence-corrected chi connectivity index (χ4v) is 1.97. The van der Waals surface area contributed by atoms with Crippen LogP contribution in [-0.4, -0.2) is 61.4 Å². The molecule has 1 rings (SSSR count). The Morgan fingerprint density at radius 3 is 2.61 bits per heavy atom. The Hall–Kier alpha value is -1.79. The second kappa shape index (κ2) is 6.23. The van der Waals surface area contributed by atoms with Crippen LogP contribution in [-0.2, 0) is 9.59 Å². The molecule has 0 spiro atoms. The van der Waals surface area contributed by atoms with Crippen LogP contribution in [0, 0.1) is 5.92 Å². The van der Waals surface area contributed by atoms with Gasteiger partial charge in [-0.25, -0.2) is 4.79 Å². The van der Waals surface area contributed by atoms with Crippen molar-refractivity contribution < 1.29 is 14.4 Å². The molecule has 7 heteroatoms. The largest absolute Gasteiger partial charge is 0.368 e. The Kier molecular flexibility index (Phi) is 4.94. The highest BCUT2D eigenvalue weighted by Gasteiger charge is 2.28. The van der Waals surface area contributed by atoms with Crippen LogP contribution in [0.5, 0.6) is 0 Å². The number of likely N-dealkylation sites (tertiary alicyclic amines) is 1. The quantitative estimate of drug-likeness (QED) is 0.676. The fourth-order valence-electron chi connectivity index (χ4n) is 1.97. The normalized spacial score (nSPS) is 19.2. The molecule has 1 fully saturated rings. The number of piperidine rings is 1. The fraction of sp³-hybridized carbons (Fsp3) is 0.727. The highest BCUT2D eigenvalue weighted by Crippen LogP contribution is 2.17. The number of hydrogen-bond donors (Lipinski definition) is 2. The van der Waals surface area contributed by atoms with Crippen LogP contribution >= 0.6 is 0 Å². The lowest BCUT2D eigenvalue weighted by Crippen LogP contribution is -2.49. The van der Waals surface area contributed by atoms with Gasteiger partial charge in [0.1, 0.15) is 0 Å². The van der Waals surface area contributed by atoms with E-state index in [1.807, 2.05) is 0 Å². The van der Waals surface area contributed by atoms with Gasteiger partial charge in [-0.3, -0.25) is 9.59 Å². The average molecular weight is 256 g/mol. The predicted molar refractivity (Wildman–Crippen MR) is 65.6 cm³/mol. The van der Waals surface area contributed by atoms with Crippen molar-refractivity contribution >= 4 is 17.8 Å². The summed E-state index contributed by atoms with van der Waals surface area (Å²) in [5, 5.41) is 2.48. The lowest BCUT2D eigenvalue weighted by molar-refractivity contribution is -0.128. The molecule has 18 heavy (non-hydrogen) atoms. The zero-order valence-corrected chi connectivity index (χ0v) is 10.8. The molecule has 0 aromatic carbocycles. The van der Waals surface area contributed by atoms with E-state index < -0.39 is 5.91 Å². The molecule has 0 saturated carbocycles. The third-order valence-corrected chi connectivity index (χ3v) is 2.88. The summed E-state index contributed by atoms with van der Waals surface area (Å²) in [4.78, 5) is 37.3. The zero-order valence-electron chi connectivity index (χ0n) is 10.8. The van der Waals surface area contributed by atoms with Crippen molar-refractivity contribution in [3.63, 3.8) is 0 Å². The highest BCUT2D eigenvalue weighted by molar-refractivity contribution is 5.85. The van der Waals surface area contributed by atoms with E-state index in [4.69, 9.17) is 5.73 Å². The lowest BCUT2D eigenvalue weighted by atomic mass is 9.97. The highest BCUT2D eigenvalue weighted by atomic mass is 16.2.